The highest BCUT2D eigenvalue weighted by Gasteiger charge is 2.90. The molecule has 5 N–H and O–H groups in total. The van der Waals surface area contributed by atoms with Gasteiger partial charge in [0.15, 0.2) is 0 Å². The third-order valence-corrected chi connectivity index (χ3v) is 11.7. The van der Waals surface area contributed by atoms with Crippen molar-refractivity contribution in [2.24, 2.45) is 34.5 Å². The number of aliphatic hydroxyl groups is 5. The van der Waals surface area contributed by atoms with Crippen molar-refractivity contribution < 1.29 is 44.5 Å². The molecule has 10 heteroatoms. The fourth-order valence-corrected chi connectivity index (χ4v) is 11.0. The van der Waals surface area contributed by atoms with Crippen LogP contribution in [0.2, 0.25) is 0 Å². The summed E-state index contributed by atoms with van der Waals surface area (Å²) >= 11 is 0. The summed E-state index contributed by atoms with van der Waals surface area (Å²) in [5.74, 6) is -2.04. The molecule has 1 saturated heterocycles. The maximum absolute atomic E-state index is 12.6. The van der Waals surface area contributed by atoms with Crippen LogP contribution in [0.4, 0.5) is 0 Å². The summed E-state index contributed by atoms with van der Waals surface area (Å²) in [5.41, 5.74) is -4.81. The van der Waals surface area contributed by atoms with Crippen molar-refractivity contribution in [1.82, 2.24) is 4.90 Å². The Morgan fingerprint density at radius 2 is 1.66 bits per heavy atom. The first-order valence-corrected chi connectivity index (χ1v) is 12.9. The van der Waals surface area contributed by atoms with Crippen molar-refractivity contribution in [3.05, 3.63) is 0 Å². The second kappa shape index (κ2) is 7.59. The van der Waals surface area contributed by atoms with Crippen LogP contribution in [0.3, 0.4) is 0 Å². The van der Waals surface area contributed by atoms with Crippen molar-refractivity contribution in [2.45, 2.75) is 73.6 Å². The minimum atomic E-state index is -1.76. The lowest BCUT2D eigenvalue weighted by Gasteiger charge is -2.70. The Morgan fingerprint density at radius 1 is 0.943 bits per heavy atom. The Bertz CT molecular complexity index is 878. The van der Waals surface area contributed by atoms with Crippen LogP contribution in [0.25, 0.3) is 0 Å². The minimum absolute atomic E-state index is 0.156. The standard InChI is InChI=1S/C25H41NO9/c1-6-26-9-22(10-32-2)12(27)7-13(33-3)24-11-8-23(30)19(28)14(11)25(31,20(29)21(23)35-5)15(18(24)26)16(34-4)17(22)24/h11-21,27-31H,6-10H2,1-5H3/t11-,12?,13?,14-,15+,16?,17-,18-,19?,20?,21?,22+,23-,24+,25-/m1/s1. The number of likely N-dealkylation sites (tertiary alicyclic amines) is 1. The summed E-state index contributed by atoms with van der Waals surface area (Å²) in [6.45, 7) is 3.58. The summed E-state index contributed by atoms with van der Waals surface area (Å²) in [6, 6.07) is -0.240. The fourth-order valence-electron chi connectivity index (χ4n) is 11.0. The van der Waals surface area contributed by atoms with Gasteiger partial charge in [0.25, 0.3) is 0 Å². The van der Waals surface area contributed by atoms with E-state index in [2.05, 4.69) is 11.8 Å². The topological polar surface area (TPSA) is 141 Å². The maximum atomic E-state index is 12.6. The molecule has 0 radical (unpaired) electrons. The van der Waals surface area contributed by atoms with Gasteiger partial charge in [-0.3, -0.25) is 4.90 Å². The molecule has 15 atom stereocenters. The van der Waals surface area contributed by atoms with Crippen molar-refractivity contribution in [3.63, 3.8) is 0 Å². The zero-order valence-corrected chi connectivity index (χ0v) is 21.2. The lowest BCUT2D eigenvalue weighted by molar-refractivity contribution is -0.320. The highest BCUT2D eigenvalue weighted by molar-refractivity contribution is 5.39. The first-order valence-electron chi connectivity index (χ1n) is 12.9. The third-order valence-electron chi connectivity index (χ3n) is 11.7. The van der Waals surface area contributed by atoms with Crippen LogP contribution in [-0.4, -0.2) is 132 Å². The van der Waals surface area contributed by atoms with Crippen molar-refractivity contribution in [2.75, 3.05) is 48.1 Å². The van der Waals surface area contributed by atoms with E-state index in [1.807, 2.05) is 0 Å². The summed E-state index contributed by atoms with van der Waals surface area (Å²) < 4.78 is 23.7. The van der Waals surface area contributed by atoms with Gasteiger partial charge in [0, 0.05) is 76.0 Å². The molecule has 0 amide bonds. The highest BCUT2D eigenvalue weighted by Crippen LogP contribution is 2.79. The first-order chi connectivity index (χ1) is 16.6. The van der Waals surface area contributed by atoms with Crippen LogP contribution >= 0.6 is 0 Å². The van der Waals surface area contributed by atoms with Gasteiger partial charge in [0.05, 0.1) is 31.0 Å². The van der Waals surface area contributed by atoms with Gasteiger partial charge in [-0.2, -0.15) is 0 Å². The Balaban J connectivity index is 1.68. The van der Waals surface area contributed by atoms with Crippen LogP contribution < -0.4 is 0 Å². The Labute approximate surface area is 206 Å². The number of piperidine rings is 1. The van der Waals surface area contributed by atoms with Gasteiger partial charge >= 0.3 is 0 Å². The zero-order chi connectivity index (χ0) is 25.3. The molecule has 10 nitrogen and oxygen atoms in total. The predicted octanol–water partition coefficient (Wildman–Crippen LogP) is -1.79. The van der Waals surface area contributed by atoms with Crippen LogP contribution in [0, 0.1) is 34.5 Å². The number of ether oxygens (including phenoxy) is 4. The van der Waals surface area contributed by atoms with Crippen LogP contribution in [0.15, 0.2) is 0 Å². The van der Waals surface area contributed by atoms with Crippen LogP contribution in [-0.2, 0) is 18.9 Å². The molecule has 6 aliphatic rings. The number of hydrogen-bond donors (Lipinski definition) is 5. The number of hydrogen-bond acceptors (Lipinski definition) is 10. The van der Waals surface area contributed by atoms with E-state index in [0.717, 1.165) is 0 Å². The fraction of sp³-hybridized carbons (Fsp3) is 1.00. The molecule has 35 heavy (non-hydrogen) atoms. The second-order valence-electron chi connectivity index (χ2n) is 12.1. The molecule has 1 heterocycles. The van der Waals surface area contributed by atoms with E-state index in [1.165, 1.54) is 7.11 Å². The summed E-state index contributed by atoms with van der Waals surface area (Å²) in [5, 5.41) is 59.3. The number of rotatable bonds is 6. The summed E-state index contributed by atoms with van der Waals surface area (Å²) in [7, 11) is 6.29. The monoisotopic (exact) mass is 499 g/mol. The van der Waals surface area contributed by atoms with Gasteiger partial charge in [-0.15, -0.1) is 0 Å². The van der Waals surface area contributed by atoms with Crippen LogP contribution in [0.1, 0.15) is 19.8 Å². The number of aliphatic hydroxyl groups excluding tert-OH is 3. The molecule has 1 aliphatic heterocycles. The van der Waals surface area contributed by atoms with E-state index >= 15 is 0 Å². The Kier molecular flexibility index (Phi) is 5.40. The Morgan fingerprint density at radius 3 is 2.23 bits per heavy atom. The third kappa shape index (κ3) is 2.35. The van der Waals surface area contributed by atoms with Crippen molar-refractivity contribution in [3.8, 4) is 0 Å². The van der Waals surface area contributed by atoms with E-state index < -0.39 is 76.4 Å². The van der Waals surface area contributed by atoms with Gasteiger partial charge in [0.1, 0.15) is 23.4 Å². The van der Waals surface area contributed by atoms with Gasteiger partial charge in [0.2, 0.25) is 0 Å². The van der Waals surface area contributed by atoms with E-state index in [4.69, 9.17) is 18.9 Å². The number of nitrogens with zero attached hydrogens (tertiary/aromatic N) is 1. The molecule has 0 aromatic carbocycles. The highest BCUT2D eigenvalue weighted by atomic mass is 16.5. The first kappa shape index (κ1) is 24.9. The molecule has 200 valence electrons. The van der Waals surface area contributed by atoms with Crippen molar-refractivity contribution in [1.29, 1.82) is 0 Å². The normalized spacial score (nSPS) is 62.4. The molecular formula is C25H41NO9. The molecule has 0 aromatic rings. The van der Waals surface area contributed by atoms with E-state index in [-0.39, 0.29) is 18.4 Å². The average molecular weight is 500 g/mol. The van der Waals surface area contributed by atoms with Gasteiger partial charge in [-0.1, -0.05) is 6.92 Å². The van der Waals surface area contributed by atoms with Gasteiger partial charge in [-0.05, 0) is 18.9 Å². The smallest absolute Gasteiger partial charge is 0.120 e. The summed E-state index contributed by atoms with van der Waals surface area (Å²) in [6.07, 6.45) is -4.95. The lowest BCUT2D eigenvalue weighted by Crippen LogP contribution is -2.81. The quantitative estimate of drug-likeness (QED) is 0.285. The molecule has 0 aromatic heterocycles. The minimum Gasteiger partial charge on any atom is -0.392 e. The predicted molar refractivity (Wildman–Crippen MR) is 121 cm³/mol. The zero-order valence-electron chi connectivity index (χ0n) is 21.2. The molecular weight excluding hydrogens is 458 g/mol. The van der Waals surface area contributed by atoms with E-state index in [1.54, 1.807) is 21.3 Å². The Hall–Kier alpha value is -0.400. The van der Waals surface area contributed by atoms with E-state index in [9.17, 15) is 25.5 Å². The molecule has 6 unspecified atom stereocenters. The molecule has 6 rings (SSSR count). The average Bonchev–Trinajstić information content (AvgIpc) is 3.19. The van der Waals surface area contributed by atoms with Gasteiger partial charge in [-0.25, -0.2) is 0 Å². The maximum Gasteiger partial charge on any atom is 0.120 e. The number of fused-ring (bicyclic) bond motifs is 2. The molecule has 1 spiro atoms. The molecule has 5 aliphatic carbocycles. The van der Waals surface area contributed by atoms with Crippen molar-refractivity contribution >= 4 is 0 Å². The van der Waals surface area contributed by atoms with E-state index in [0.29, 0.717) is 26.1 Å². The molecule has 5 saturated carbocycles. The lowest BCUT2D eigenvalue weighted by atomic mass is 9.42. The van der Waals surface area contributed by atoms with Crippen LogP contribution in [0.5, 0.6) is 0 Å². The SMILES string of the molecule is CCN1C[C@]2(COC)C(O)CC(OC)[C@@]34[C@@H]5C[C@]6(O)C(OC)C(O)[C@@](O)([C@H]5C6O)[C@@H](C(OC)[C@H]23)[C@@H]14. The molecule has 6 fully saturated rings. The van der Waals surface area contributed by atoms with Gasteiger partial charge < -0.3 is 44.5 Å². The summed E-state index contributed by atoms with van der Waals surface area (Å²) in [4.78, 5) is 2.29. The molecule has 7 bridgehead atoms. The largest absolute Gasteiger partial charge is 0.392 e. The number of methoxy groups -OCH3 is 4. The second-order valence-corrected chi connectivity index (χ2v) is 12.1.